The van der Waals surface area contributed by atoms with E-state index in [2.05, 4.69) is 0 Å². The summed E-state index contributed by atoms with van der Waals surface area (Å²) in [6, 6.07) is 13.0. The van der Waals surface area contributed by atoms with Crippen LogP contribution in [-0.2, 0) is 6.61 Å². The summed E-state index contributed by atoms with van der Waals surface area (Å²) in [4.78, 5) is 10.1. The Bertz CT molecular complexity index is 690. The van der Waals surface area contributed by atoms with Gasteiger partial charge in [-0.15, -0.1) is 0 Å². The van der Waals surface area contributed by atoms with Crippen LogP contribution in [0.3, 0.4) is 0 Å². The van der Waals surface area contributed by atoms with Crippen molar-refractivity contribution in [3.63, 3.8) is 0 Å². The molecule has 2 aromatic rings. The highest BCUT2D eigenvalue weighted by Crippen LogP contribution is 2.25. The highest BCUT2D eigenvalue weighted by Gasteiger charge is 2.07. The number of nitro groups is 1. The van der Waals surface area contributed by atoms with Gasteiger partial charge in [-0.2, -0.15) is 5.26 Å². The molecule has 0 saturated carbocycles. The lowest BCUT2D eigenvalue weighted by Gasteiger charge is -2.09. The summed E-state index contributed by atoms with van der Waals surface area (Å²) in [7, 11) is 1.53. The smallest absolute Gasteiger partial charge is 0.269 e. The first kappa shape index (κ1) is 14.3. The molecule has 0 N–H and O–H groups in total. The number of nitrogens with zero attached hydrogens (tertiary/aromatic N) is 2. The molecule has 6 heteroatoms. The van der Waals surface area contributed by atoms with Crippen LogP contribution in [0.15, 0.2) is 42.5 Å². The maximum Gasteiger partial charge on any atom is 0.269 e. The number of benzene rings is 2. The molecule has 106 valence electrons. The molecule has 0 aromatic heterocycles. The predicted octanol–water partition coefficient (Wildman–Crippen LogP) is 3.05. The van der Waals surface area contributed by atoms with Crippen LogP contribution in [0.1, 0.15) is 11.1 Å². The van der Waals surface area contributed by atoms with E-state index in [0.717, 1.165) is 5.56 Å². The van der Waals surface area contributed by atoms with E-state index in [1.807, 2.05) is 6.07 Å². The Labute approximate surface area is 121 Å². The van der Waals surface area contributed by atoms with Crippen LogP contribution in [0.5, 0.6) is 11.5 Å². The number of rotatable bonds is 5. The lowest BCUT2D eigenvalue weighted by atomic mass is 10.2. The Hall–Kier alpha value is -3.07. The van der Waals surface area contributed by atoms with Crippen LogP contribution in [0, 0.1) is 21.4 Å². The maximum absolute atomic E-state index is 10.6. The van der Waals surface area contributed by atoms with Crippen molar-refractivity contribution in [3.05, 3.63) is 63.7 Å². The van der Waals surface area contributed by atoms with Crippen LogP contribution < -0.4 is 9.47 Å². The second kappa shape index (κ2) is 6.39. The molecule has 0 radical (unpaired) electrons. The first-order valence-corrected chi connectivity index (χ1v) is 6.08. The van der Waals surface area contributed by atoms with E-state index in [4.69, 9.17) is 14.7 Å². The minimum absolute atomic E-state index is 0.0258. The molecule has 0 aliphatic heterocycles. The van der Waals surface area contributed by atoms with Gasteiger partial charge in [-0.1, -0.05) is 0 Å². The molecule has 0 atom stereocenters. The van der Waals surface area contributed by atoms with E-state index in [-0.39, 0.29) is 12.3 Å². The van der Waals surface area contributed by atoms with E-state index in [1.165, 1.54) is 19.2 Å². The van der Waals surface area contributed by atoms with E-state index >= 15 is 0 Å². The van der Waals surface area contributed by atoms with E-state index < -0.39 is 4.92 Å². The summed E-state index contributed by atoms with van der Waals surface area (Å²) >= 11 is 0. The number of methoxy groups -OCH3 is 1. The number of hydrogen-bond donors (Lipinski definition) is 0. The molecule has 21 heavy (non-hydrogen) atoms. The maximum atomic E-state index is 10.6. The molecule has 0 unspecified atom stereocenters. The van der Waals surface area contributed by atoms with Crippen molar-refractivity contribution >= 4 is 5.69 Å². The molecule has 0 aliphatic carbocycles. The molecule has 2 rings (SSSR count). The number of nitro benzene ring substituents is 1. The van der Waals surface area contributed by atoms with Gasteiger partial charge in [0.2, 0.25) is 0 Å². The molecule has 0 aliphatic rings. The van der Waals surface area contributed by atoms with Crippen molar-refractivity contribution in [2.45, 2.75) is 6.61 Å². The third-order valence-electron chi connectivity index (χ3n) is 2.85. The Morgan fingerprint density at radius 2 is 1.95 bits per heavy atom. The van der Waals surface area contributed by atoms with Crippen LogP contribution in [0.4, 0.5) is 5.69 Å². The Morgan fingerprint density at radius 1 is 1.24 bits per heavy atom. The van der Waals surface area contributed by atoms with Gasteiger partial charge in [0.15, 0.2) is 0 Å². The molecule has 6 nitrogen and oxygen atoms in total. The predicted molar refractivity (Wildman–Crippen MR) is 75.1 cm³/mol. The second-order valence-electron chi connectivity index (χ2n) is 4.19. The summed E-state index contributed by atoms with van der Waals surface area (Å²) in [5.41, 5.74) is 1.20. The van der Waals surface area contributed by atoms with Crippen molar-refractivity contribution < 1.29 is 14.4 Å². The number of hydrogen-bond acceptors (Lipinski definition) is 5. The second-order valence-corrected chi connectivity index (χ2v) is 4.19. The fourth-order valence-corrected chi connectivity index (χ4v) is 1.72. The third-order valence-corrected chi connectivity index (χ3v) is 2.85. The van der Waals surface area contributed by atoms with Gasteiger partial charge in [0, 0.05) is 18.2 Å². The molecule has 0 spiro atoms. The van der Waals surface area contributed by atoms with Crippen molar-refractivity contribution in [1.82, 2.24) is 0 Å². The SMILES string of the molecule is COc1ccc(C#N)c(OCc2ccc([N+](=O)[O-])cc2)c1. The average molecular weight is 284 g/mol. The minimum atomic E-state index is -0.458. The van der Waals surface area contributed by atoms with E-state index in [1.54, 1.807) is 30.3 Å². The van der Waals surface area contributed by atoms with Gasteiger partial charge in [0.1, 0.15) is 24.2 Å². The quantitative estimate of drug-likeness (QED) is 0.622. The first-order chi connectivity index (χ1) is 10.1. The van der Waals surface area contributed by atoms with Gasteiger partial charge in [-0.3, -0.25) is 10.1 Å². The monoisotopic (exact) mass is 284 g/mol. The van der Waals surface area contributed by atoms with Crippen LogP contribution in [0.2, 0.25) is 0 Å². The third kappa shape index (κ3) is 3.48. The largest absolute Gasteiger partial charge is 0.497 e. The summed E-state index contributed by atoms with van der Waals surface area (Å²) in [6.45, 7) is 0.208. The fourth-order valence-electron chi connectivity index (χ4n) is 1.72. The molecular formula is C15H12N2O4. The zero-order chi connectivity index (χ0) is 15.2. The molecule has 2 aromatic carbocycles. The van der Waals surface area contributed by atoms with Gasteiger partial charge >= 0.3 is 0 Å². The zero-order valence-corrected chi connectivity index (χ0v) is 11.3. The Balaban J connectivity index is 2.12. The van der Waals surface area contributed by atoms with E-state index in [0.29, 0.717) is 17.1 Å². The van der Waals surface area contributed by atoms with Crippen LogP contribution >= 0.6 is 0 Å². The summed E-state index contributed by atoms with van der Waals surface area (Å²) in [6.07, 6.45) is 0. The summed E-state index contributed by atoms with van der Waals surface area (Å²) in [5.74, 6) is 1.00. The van der Waals surface area contributed by atoms with Gasteiger partial charge in [0.05, 0.1) is 17.6 Å². The topological polar surface area (TPSA) is 85.4 Å². The lowest BCUT2D eigenvalue weighted by Crippen LogP contribution is -1.98. The molecule has 0 amide bonds. The average Bonchev–Trinajstić information content (AvgIpc) is 2.52. The molecule has 0 fully saturated rings. The summed E-state index contributed by atoms with van der Waals surface area (Å²) < 4.78 is 10.7. The van der Waals surface area contributed by atoms with Gasteiger partial charge in [-0.25, -0.2) is 0 Å². The molecule has 0 heterocycles. The minimum Gasteiger partial charge on any atom is -0.497 e. The van der Waals surface area contributed by atoms with Crippen molar-refractivity contribution in [1.29, 1.82) is 5.26 Å². The highest BCUT2D eigenvalue weighted by molar-refractivity contribution is 5.47. The summed E-state index contributed by atoms with van der Waals surface area (Å²) in [5, 5.41) is 19.6. The standard InChI is InChI=1S/C15H12N2O4/c1-20-14-7-4-12(9-16)15(8-14)21-10-11-2-5-13(6-3-11)17(18)19/h2-8H,10H2,1H3. The Kier molecular flexibility index (Phi) is 4.36. The fraction of sp³-hybridized carbons (Fsp3) is 0.133. The normalized spacial score (nSPS) is 9.71. The number of ether oxygens (including phenoxy) is 2. The lowest BCUT2D eigenvalue weighted by molar-refractivity contribution is -0.384. The van der Waals surface area contributed by atoms with Gasteiger partial charge < -0.3 is 9.47 Å². The molecule has 0 saturated heterocycles. The van der Waals surface area contributed by atoms with Crippen molar-refractivity contribution in [2.75, 3.05) is 7.11 Å². The van der Waals surface area contributed by atoms with Gasteiger partial charge in [-0.05, 0) is 29.8 Å². The van der Waals surface area contributed by atoms with Crippen LogP contribution in [-0.4, -0.2) is 12.0 Å². The van der Waals surface area contributed by atoms with Crippen molar-refractivity contribution in [3.8, 4) is 17.6 Å². The van der Waals surface area contributed by atoms with E-state index in [9.17, 15) is 10.1 Å². The Morgan fingerprint density at radius 3 is 2.52 bits per heavy atom. The van der Waals surface area contributed by atoms with Crippen LogP contribution in [0.25, 0.3) is 0 Å². The van der Waals surface area contributed by atoms with Crippen molar-refractivity contribution in [2.24, 2.45) is 0 Å². The van der Waals surface area contributed by atoms with Gasteiger partial charge in [0.25, 0.3) is 5.69 Å². The highest BCUT2D eigenvalue weighted by atomic mass is 16.6. The number of nitriles is 1. The zero-order valence-electron chi connectivity index (χ0n) is 11.3. The molecule has 0 bridgehead atoms. The number of non-ortho nitro benzene ring substituents is 1. The first-order valence-electron chi connectivity index (χ1n) is 6.08. The molecular weight excluding hydrogens is 272 g/mol.